The molecule has 0 atom stereocenters. The van der Waals surface area contributed by atoms with E-state index in [1.165, 1.54) is 37.9 Å². The third kappa shape index (κ3) is 3.81. The summed E-state index contributed by atoms with van der Waals surface area (Å²) in [6.07, 6.45) is 0. The van der Waals surface area contributed by atoms with Crippen LogP contribution in [0.2, 0.25) is 0 Å². The van der Waals surface area contributed by atoms with Crippen molar-refractivity contribution in [1.29, 1.82) is 0 Å². The van der Waals surface area contributed by atoms with E-state index >= 15 is 0 Å². The summed E-state index contributed by atoms with van der Waals surface area (Å²) in [5.74, 6) is 1.89. The first kappa shape index (κ1) is 24.7. The molecule has 206 valence electrons. The maximum Gasteiger partial charge on any atom is 0.164 e. The van der Waals surface area contributed by atoms with E-state index < -0.39 is 0 Å². The Morgan fingerprint density at radius 3 is 1.75 bits per heavy atom. The molecular formula is C40H25N3O. The molecule has 2 heterocycles. The Kier molecular flexibility index (Phi) is 5.38. The predicted molar refractivity (Wildman–Crippen MR) is 181 cm³/mol. The fraction of sp³-hybridized carbons (Fsp3) is 0.0250. The van der Waals surface area contributed by atoms with E-state index in [4.69, 9.17) is 19.4 Å². The van der Waals surface area contributed by atoms with Crippen molar-refractivity contribution in [2.24, 2.45) is 0 Å². The van der Waals surface area contributed by atoms with Crippen molar-refractivity contribution in [2.75, 3.05) is 0 Å². The second kappa shape index (κ2) is 9.58. The van der Waals surface area contributed by atoms with Gasteiger partial charge in [-0.05, 0) is 63.5 Å². The second-order valence-electron chi connectivity index (χ2n) is 11.3. The number of benzene rings is 7. The molecule has 0 aliphatic rings. The van der Waals surface area contributed by atoms with Gasteiger partial charge in [-0.15, -0.1) is 0 Å². The lowest BCUT2D eigenvalue weighted by Gasteiger charge is -2.12. The summed E-state index contributed by atoms with van der Waals surface area (Å²) in [6, 6.07) is 46.3. The first-order chi connectivity index (χ1) is 21.7. The zero-order valence-corrected chi connectivity index (χ0v) is 24.0. The quantitative estimate of drug-likeness (QED) is 0.201. The van der Waals surface area contributed by atoms with Gasteiger partial charge in [0.25, 0.3) is 0 Å². The van der Waals surface area contributed by atoms with Crippen LogP contribution < -0.4 is 0 Å². The highest BCUT2D eigenvalue weighted by atomic mass is 16.3. The largest absolute Gasteiger partial charge is 0.456 e. The summed E-state index contributed by atoms with van der Waals surface area (Å²) in [5.41, 5.74) is 5.64. The molecule has 0 radical (unpaired) electrons. The molecule has 0 unspecified atom stereocenters. The van der Waals surface area contributed by atoms with Crippen LogP contribution in [0.3, 0.4) is 0 Å². The standard InChI is InChI=1S/C40H25N3O/c1-24-18-21-35-34(22-24)37-32(16-9-17-36(37)44-35)40-42-38(25-10-3-2-4-11-25)41-39(43-40)26-19-20-31-29-14-6-5-12-27(29)28-13-7-8-15-30(28)33(31)23-26/h2-23H,1H3. The first-order valence-corrected chi connectivity index (χ1v) is 14.8. The summed E-state index contributed by atoms with van der Waals surface area (Å²) in [6.45, 7) is 2.10. The molecule has 4 heteroatoms. The Morgan fingerprint density at radius 2 is 1.02 bits per heavy atom. The molecule has 4 nitrogen and oxygen atoms in total. The van der Waals surface area contributed by atoms with Gasteiger partial charge >= 0.3 is 0 Å². The van der Waals surface area contributed by atoms with Crippen molar-refractivity contribution in [3.05, 3.63) is 139 Å². The summed E-state index contributed by atoms with van der Waals surface area (Å²) >= 11 is 0. The number of fused-ring (bicyclic) bond motifs is 9. The third-order valence-corrected chi connectivity index (χ3v) is 8.56. The van der Waals surface area contributed by atoms with Gasteiger partial charge in [0.05, 0.1) is 0 Å². The van der Waals surface area contributed by atoms with E-state index in [0.29, 0.717) is 17.5 Å². The maximum absolute atomic E-state index is 6.25. The summed E-state index contributed by atoms with van der Waals surface area (Å²) in [4.78, 5) is 15.2. The Morgan fingerprint density at radius 1 is 0.409 bits per heavy atom. The van der Waals surface area contributed by atoms with Gasteiger partial charge in [-0.2, -0.15) is 0 Å². The van der Waals surface area contributed by atoms with Crippen molar-refractivity contribution in [2.45, 2.75) is 6.92 Å². The van der Waals surface area contributed by atoms with Crippen LogP contribution in [0.1, 0.15) is 5.56 Å². The van der Waals surface area contributed by atoms with Gasteiger partial charge in [-0.1, -0.05) is 115 Å². The Balaban J connectivity index is 1.33. The lowest BCUT2D eigenvalue weighted by molar-refractivity contribution is 0.669. The van der Waals surface area contributed by atoms with Crippen LogP contribution in [0.25, 0.3) is 88.4 Å². The molecule has 0 fully saturated rings. The fourth-order valence-electron chi connectivity index (χ4n) is 6.52. The number of aryl methyl sites for hydroxylation is 1. The average molecular weight is 564 g/mol. The van der Waals surface area contributed by atoms with Crippen molar-refractivity contribution >= 4 is 54.3 Å². The van der Waals surface area contributed by atoms with Gasteiger partial charge in [0, 0.05) is 27.5 Å². The summed E-state index contributed by atoms with van der Waals surface area (Å²) in [5, 5.41) is 9.41. The van der Waals surface area contributed by atoms with Crippen LogP contribution in [0.5, 0.6) is 0 Å². The van der Waals surface area contributed by atoms with E-state index in [1.807, 2.05) is 48.5 Å². The Hall–Kier alpha value is -5.87. The molecule has 0 aliphatic heterocycles. The molecule has 0 aliphatic carbocycles. The van der Waals surface area contributed by atoms with Crippen LogP contribution in [-0.2, 0) is 0 Å². The SMILES string of the molecule is Cc1ccc2oc3cccc(-c4nc(-c5ccccc5)nc(-c5ccc6c7ccccc7c7ccccc7c6c5)n4)c3c2c1. The van der Waals surface area contributed by atoms with E-state index in [2.05, 4.69) is 91.9 Å². The van der Waals surface area contributed by atoms with Gasteiger partial charge in [0.15, 0.2) is 17.5 Å². The zero-order chi connectivity index (χ0) is 29.2. The van der Waals surface area contributed by atoms with Gasteiger partial charge in [-0.25, -0.2) is 15.0 Å². The molecule has 0 bridgehead atoms. The average Bonchev–Trinajstić information content (AvgIpc) is 3.46. The van der Waals surface area contributed by atoms with Crippen molar-refractivity contribution in [3.63, 3.8) is 0 Å². The maximum atomic E-state index is 6.25. The highest BCUT2D eigenvalue weighted by Gasteiger charge is 2.18. The van der Waals surface area contributed by atoms with E-state index in [0.717, 1.165) is 38.6 Å². The number of hydrogen-bond acceptors (Lipinski definition) is 4. The summed E-state index contributed by atoms with van der Waals surface area (Å²) in [7, 11) is 0. The lowest BCUT2D eigenvalue weighted by Crippen LogP contribution is -2.00. The van der Waals surface area contributed by atoms with Crippen molar-refractivity contribution < 1.29 is 4.42 Å². The predicted octanol–water partition coefficient (Wildman–Crippen LogP) is 10.5. The van der Waals surface area contributed by atoms with Gasteiger partial charge in [0.2, 0.25) is 0 Å². The summed E-state index contributed by atoms with van der Waals surface area (Å²) < 4.78 is 6.25. The molecule has 0 saturated carbocycles. The molecule has 0 N–H and O–H groups in total. The van der Waals surface area contributed by atoms with Gasteiger partial charge in [-0.3, -0.25) is 0 Å². The van der Waals surface area contributed by atoms with E-state index in [-0.39, 0.29) is 0 Å². The zero-order valence-electron chi connectivity index (χ0n) is 24.0. The molecule has 2 aromatic heterocycles. The Labute approximate surface area is 253 Å². The fourth-order valence-corrected chi connectivity index (χ4v) is 6.52. The molecule has 7 aromatic carbocycles. The highest BCUT2D eigenvalue weighted by molar-refractivity contribution is 6.25. The number of aromatic nitrogens is 3. The monoisotopic (exact) mass is 563 g/mol. The highest BCUT2D eigenvalue weighted by Crippen LogP contribution is 2.39. The normalized spacial score (nSPS) is 11.8. The second-order valence-corrected chi connectivity index (χ2v) is 11.3. The minimum atomic E-state index is 0.618. The number of rotatable bonds is 3. The number of nitrogens with zero attached hydrogens (tertiary/aromatic N) is 3. The van der Waals surface area contributed by atoms with Crippen LogP contribution in [0.15, 0.2) is 138 Å². The molecule has 0 saturated heterocycles. The van der Waals surface area contributed by atoms with Crippen molar-refractivity contribution in [3.8, 4) is 34.2 Å². The number of furan rings is 1. The molecule has 0 spiro atoms. The third-order valence-electron chi connectivity index (χ3n) is 8.56. The number of hydrogen-bond donors (Lipinski definition) is 0. The molecule has 9 rings (SSSR count). The van der Waals surface area contributed by atoms with E-state index in [1.54, 1.807) is 0 Å². The van der Waals surface area contributed by atoms with Gasteiger partial charge < -0.3 is 4.42 Å². The van der Waals surface area contributed by atoms with E-state index in [9.17, 15) is 0 Å². The smallest absolute Gasteiger partial charge is 0.164 e. The molecular weight excluding hydrogens is 538 g/mol. The lowest BCUT2D eigenvalue weighted by atomic mass is 9.93. The van der Waals surface area contributed by atoms with Crippen LogP contribution in [0.4, 0.5) is 0 Å². The minimum Gasteiger partial charge on any atom is -0.456 e. The molecule has 44 heavy (non-hydrogen) atoms. The van der Waals surface area contributed by atoms with Crippen molar-refractivity contribution in [1.82, 2.24) is 15.0 Å². The first-order valence-electron chi connectivity index (χ1n) is 14.8. The Bertz CT molecular complexity index is 2530. The van der Waals surface area contributed by atoms with Crippen LogP contribution in [-0.4, -0.2) is 15.0 Å². The molecule has 0 amide bonds. The molecule has 9 aromatic rings. The van der Waals surface area contributed by atoms with Crippen LogP contribution in [0, 0.1) is 6.92 Å². The minimum absolute atomic E-state index is 0.618. The van der Waals surface area contributed by atoms with Gasteiger partial charge in [0.1, 0.15) is 11.2 Å². The topological polar surface area (TPSA) is 51.8 Å². The van der Waals surface area contributed by atoms with Crippen LogP contribution >= 0.6 is 0 Å².